The Bertz CT molecular complexity index is 240. The van der Waals surface area contributed by atoms with Crippen LogP contribution in [0.2, 0.25) is 0 Å². The summed E-state index contributed by atoms with van der Waals surface area (Å²) in [6.45, 7) is 8.01. The first kappa shape index (κ1) is 15.4. The summed E-state index contributed by atoms with van der Waals surface area (Å²) in [5.74, 6) is -0.00862. The van der Waals surface area contributed by atoms with Crippen LogP contribution in [-0.2, 0) is 9.53 Å². The molecular formula is C13H27N3O2. The van der Waals surface area contributed by atoms with Crippen LogP contribution < -0.4 is 10.6 Å². The third-order valence-electron chi connectivity index (χ3n) is 3.40. The third kappa shape index (κ3) is 6.33. The molecule has 1 amide bonds. The number of hydrogen-bond donors (Lipinski definition) is 2. The second kappa shape index (κ2) is 8.45. The Morgan fingerprint density at radius 1 is 1.44 bits per heavy atom. The second-order valence-corrected chi connectivity index (χ2v) is 5.18. The fraction of sp³-hybridized carbons (Fsp3) is 0.923. The lowest BCUT2D eigenvalue weighted by molar-refractivity contribution is -0.128. The van der Waals surface area contributed by atoms with Crippen LogP contribution in [0.25, 0.3) is 0 Å². The maximum absolute atomic E-state index is 11.6. The van der Waals surface area contributed by atoms with Gasteiger partial charge >= 0.3 is 0 Å². The van der Waals surface area contributed by atoms with Gasteiger partial charge in [0.2, 0.25) is 5.91 Å². The average Bonchev–Trinajstić information content (AvgIpc) is 2.37. The van der Waals surface area contributed by atoms with Crippen LogP contribution in [0.4, 0.5) is 0 Å². The molecule has 0 aromatic heterocycles. The molecule has 0 aromatic carbocycles. The Labute approximate surface area is 110 Å². The number of piperidine rings is 1. The van der Waals surface area contributed by atoms with Crippen molar-refractivity contribution in [1.29, 1.82) is 0 Å². The fourth-order valence-corrected chi connectivity index (χ4v) is 1.84. The van der Waals surface area contributed by atoms with Gasteiger partial charge in [-0.2, -0.15) is 0 Å². The Kier molecular flexibility index (Phi) is 7.23. The van der Waals surface area contributed by atoms with Crippen LogP contribution in [-0.4, -0.2) is 62.8 Å². The fourth-order valence-electron chi connectivity index (χ4n) is 1.84. The minimum atomic E-state index is -0.00862. The molecule has 106 valence electrons. The number of likely N-dealkylation sites (N-methyl/N-ethyl adjacent to an activating group) is 1. The van der Waals surface area contributed by atoms with Gasteiger partial charge in [0.1, 0.15) is 6.61 Å². The first-order valence-electron chi connectivity index (χ1n) is 6.89. The predicted octanol–water partition coefficient (Wildman–Crippen LogP) is 0.211. The van der Waals surface area contributed by atoms with Crippen LogP contribution >= 0.6 is 0 Å². The molecule has 0 aliphatic carbocycles. The highest BCUT2D eigenvalue weighted by Gasteiger charge is 2.14. The van der Waals surface area contributed by atoms with Crippen molar-refractivity contribution in [1.82, 2.24) is 15.5 Å². The summed E-state index contributed by atoms with van der Waals surface area (Å²) < 4.78 is 5.58. The van der Waals surface area contributed by atoms with Crippen molar-refractivity contribution < 1.29 is 9.53 Å². The van der Waals surface area contributed by atoms with Gasteiger partial charge < -0.3 is 20.3 Å². The molecule has 0 atom stereocenters. The largest absolute Gasteiger partial charge is 0.368 e. The van der Waals surface area contributed by atoms with Crippen LogP contribution in [0.1, 0.15) is 26.7 Å². The monoisotopic (exact) mass is 257 g/mol. The number of ether oxygens (including phenoxy) is 1. The van der Waals surface area contributed by atoms with E-state index < -0.39 is 0 Å². The summed E-state index contributed by atoms with van der Waals surface area (Å²) in [7, 11) is 2.06. The maximum Gasteiger partial charge on any atom is 0.246 e. The number of nitrogens with one attached hydrogen (secondary N) is 2. The van der Waals surface area contributed by atoms with Crippen molar-refractivity contribution in [2.24, 2.45) is 0 Å². The zero-order valence-electron chi connectivity index (χ0n) is 11.9. The number of carbonyl (C=O) groups excluding carboxylic acids is 1. The highest BCUT2D eigenvalue weighted by molar-refractivity contribution is 5.77. The zero-order valence-corrected chi connectivity index (χ0v) is 11.9. The predicted molar refractivity (Wildman–Crippen MR) is 72.6 cm³/mol. The summed E-state index contributed by atoms with van der Waals surface area (Å²) in [6, 6.07) is 0.507. The molecule has 0 spiro atoms. The van der Waals surface area contributed by atoms with Crippen LogP contribution in [0.5, 0.6) is 0 Å². The van der Waals surface area contributed by atoms with Gasteiger partial charge in [-0.05, 0) is 46.8 Å². The number of amides is 1. The molecule has 18 heavy (non-hydrogen) atoms. The van der Waals surface area contributed by atoms with Gasteiger partial charge in [-0.15, -0.1) is 0 Å². The molecule has 1 heterocycles. The van der Waals surface area contributed by atoms with E-state index in [4.69, 9.17) is 4.74 Å². The molecule has 0 bridgehead atoms. The summed E-state index contributed by atoms with van der Waals surface area (Å²) in [6.07, 6.45) is 2.25. The Hall–Kier alpha value is -0.650. The van der Waals surface area contributed by atoms with Crippen molar-refractivity contribution in [3.8, 4) is 0 Å². The first-order chi connectivity index (χ1) is 8.59. The van der Waals surface area contributed by atoms with Crippen LogP contribution in [0, 0.1) is 0 Å². The lowest BCUT2D eigenvalue weighted by Gasteiger charge is -2.23. The summed E-state index contributed by atoms with van der Waals surface area (Å²) >= 11 is 0. The molecule has 1 aliphatic rings. The maximum atomic E-state index is 11.6. The third-order valence-corrected chi connectivity index (χ3v) is 3.40. The highest BCUT2D eigenvalue weighted by Crippen LogP contribution is 2.06. The topological polar surface area (TPSA) is 53.6 Å². The van der Waals surface area contributed by atoms with E-state index in [1.165, 1.54) is 0 Å². The number of carbonyl (C=O) groups is 1. The number of hydrogen-bond acceptors (Lipinski definition) is 4. The van der Waals surface area contributed by atoms with E-state index in [-0.39, 0.29) is 18.6 Å². The van der Waals surface area contributed by atoms with Gasteiger partial charge in [0, 0.05) is 19.1 Å². The van der Waals surface area contributed by atoms with Crippen molar-refractivity contribution >= 4 is 5.91 Å². The summed E-state index contributed by atoms with van der Waals surface area (Å²) in [5.41, 5.74) is 0. The van der Waals surface area contributed by atoms with E-state index in [0.717, 1.165) is 32.5 Å². The zero-order chi connectivity index (χ0) is 13.4. The molecule has 0 unspecified atom stereocenters. The van der Waals surface area contributed by atoms with E-state index >= 15 is 0 Å². The summed E-state index contributed by atoms with van der Waals surface area (Å²) in [4.78, 5) is 13.8. The Balaban J connectivity index is 2.03. The molecule has 1 rings (SSSR count). The van der Waals surface area contributed by atoms with Gasteiger partial charge in [-0.25, -0.2) is 0 Å². The van der Waals surface area contributed by atoms with Crippen molar-refractivity contribution in [3.63, 3.8) is 0 Å². The Morgan fingerprint density at radius 2 is 2.11 bits per heavy atom. The van der Waals surface area contributed by atoms with Gasteiger partial charge in [0.25, 0.3) is 0 Å². The average molecular weight is 257 g/mol. The molecule has 0 saturated carbocycles. The molecule has 0 radical (unpaired) electrons. The smallest absolute Gasteiger partial charge is 0.246 e. The highest BCUT2D eigenvalue weighted by atomic mass is 16.5. The SMILES string of the molecule is CC(C)N(C)CCNC(=O)COC1CCNCC1. The van der Waals surface area contributed by atoms with Crippen LogP contribution in [0.15, 0.2) is 0 Å². The number of rotatable bonds is 7. The normalized spacial score (nSPS) is 17.4. The molecule has 5 heteroatoms. The lowest BCUT2D eigenvalue weighted by atomic mass is 10.1. The van der Waals surface area contributed by atoms with E-state index in [1.807, 2.05) is 0 Å². The first-order valence-corrected chi connectivity index (χ1v) is 6.89. The Morgan fingerprint density at radius 3 is 2.72 bits per heavy atom. The van der Waals surface area contributed by atoms with Crippen molar-refractivity contribution in [2.45, 2.75) is 38.8 Å². The van der Waals surface area contributed by atoms with Gasteiger partial charge in [0.05, 0.1) is 6.10 Å². The van der Waals surface area contributed by atoms with E-state index in [0.29, 0.717) is 12.6 Å². The number of nitrogens with zero attached hydrogens (tertiary/aromatic N) is 1. The second-order valence-electron chi connectivity index (χ2n) is 5.18. The lowest BCUT2D eigenvalue weighted by Crippen LogP contribution is -2.39. The van der Waals surface area contributed by atoms with Gasteiger partial charge in [-0.1, -0.05) is 0 Å². The molecule has 1 aliphatic heterocycles. The van der Waals surface area contributed by atoms with E-state index in [2.05, 4.69) is 36.4 Å². The minimum Gasteiger partial charge on any atom is -0.368 e. The van der Waals surface area contributed by atoms with E-state index in [1.54, 1.807) is 0 Å². The molecule has 5 nitrogen and oxygen atoms in total. The standard InChI is InChI=1S/C13H27N3O2/c1-11(2)16(3)9-8-15-13(17)10-18-12-4-6-14-7-5-12/h11-12,14H,4-10H2,1-3H3,(H,15,17). The summed E-state index contributed by atoms with van der Waals surface area (Å²) in [5, 5.41) is 6.16. The van der Waals surface area contributed by atoms with Crippen molar-refractivity contribution in [2.75, 3.05) is 39.8 Å². The molecule has 2 N–H and O–H groups in total. The minimum absolute atomic E-state index is 0.00862. The molecule has 0 aromatic rings. The van der Waals surface area contributed by atoms with Gasteiger partial charge in [-0.3, -0.25) is 4.79 Å². The molecule has 1 fully saturated rings. The molecule has 1 saturated heterocycles. The van der Waals surface area contributed by atoms with Gasteiger partial charge in [0.15, 0.2) is 0 Å². The molecular weight excluding hydrogens is 230 g/mol. The quantitative estimate of drug-likeness (QED) is 0.685. The van der Waals surface area contributed by atoms with Crippen LogP contribution in [0.3, 0.4) is 0 Å². The van der Waals surface area contributed by atoms with E-state index in [9.17, 15) is 4.79 Å². The van der Waals surface area contributed by atoms with Crippen molar-refractivity contribution in [3.05, 3.63) is 0 Å².